The van der Waals surface area contributed by atoms with Crippen LogP contribution in [0, 0.1) is 12.8 Å². The zero-order valence-corrected chi connectivity index (χ0v) is 18.6. The molecule has 0 spiro atoms. The lowest BCUT2D eigenvalue weighted by Crippen LogP contribution is -2.35. The minimum Gasteiger partial charge on any atom is -0.497 e. The molecule has 7 nitrogen and oxygen atoms in total. The first kappa shape index (κ1) is 21.9. The summed E-state index contributed by atoms with van der Waals surface area (Å²) in [5.74, 6) is -0.0396. The van der Waals surface area contributed by atoms with Gasteiger partial charge in [0.25, 0.3) is 5.91 Å². The van der Waals surface area contributed by atoms with Gasteiger partial charge in [-0.25, -0.2) is 13.4 Å². The van der Waals surface area contributed by atoms with E-state index in [9.17, 15) is 13.2 Å². The zero-order valence-electron chi connectivity index (χ0n) is 17.8. The Labute approximate surface area is 187 Å². The van der Waals surface area contributed by atoms with Crippen LogP contribution in [0.5, 0.6) is 0 Å². The first-order chi connectivity index (χ1) is 15.4. The van der Waals surface area contributed by atoms with Crippen molar-refractivity contribution in [2.75, 3.05) is 13.7 Å². The first-order valence-corrected chi connectivity index (χ1v) is 11.5. The molecule has 0 radical (unpaired) electrons. The molecule has 0 saturated heterocycles. The topological polar surface area (TPSA) is 88.9 Å². The van der Waals surface area contributed by atoms with Crippen LogP contribution in [0.2, 0.25) is 0 Å². The molecular weight excluding hydrogens is 426 g/mol. The molecule has 1 unspecified atom stereocenters. The lowest BCUT2D eigenvalue weighted by molar-refractivity contribution is -0.114. The van der Waals surface area contributed by atoms with E-state index < -0.39 is 15.9 Å². The molecule has 0 saturated carbocycles. The van der Waals surface area contributed by atoms with Crippen molar-refractivity contribution in [3.63, 3.8) is 0 Å². The number of nitrogens with zero attached hydrogens (tertiary/aromatic N) is 3. The van der Waals surface area contributed by atoms with E-state index in [1.807, 2.05) is 19.1 Å². The Morgan fingerprint density at radius 2 is 1.91 bits per heavy atom. The molecule has 32 heavy (non-hydrogen) atoms. The Balaban J connectivity index is 1.66. The molecule has 164 valence electrons. The highest BCUT2D eigenvalue weighted by atomic mass is 32.2. The second-order valence-electron chi connectivity index (χ2n) is 7.62. The van der Waals surface area contributed by atoms with Crippen LogP contribution in [0.1, 0.15) is 11.1 Å². The van der Waals surface area contributed by atoms with Crippen LogP contribution in [0.3, 0.4) is 0 Å². The summed E-state index contributed by atoms with van der Waals surface area (Å²) in [7, 11) is -2.32. The minimum absolute atomic E-state index is 0.0828. The van der Waals surface area contributed by atoms with Gasteiger partial charge in [-0.2, -0.15) is 4.31 Å². The number of carbonyl (C=O) groups is 1. The Hall–Kier alpha value is -3.36. The second kappa shape index (κ2) is 9.02. The lowest BCUT2D eigenvalue weighted by atomic mass is 9.92. The number of fused-ring (bicyclic) bond motifs is 1. The molecule has 1 aromatic heterocycles. The van der Waals surface area contributed by atoms with E-state index in [1.54, 1.807) is 68.1 Å². The molecule has 0 bridgehead atoms. The molecule has 4 rings (SSSR count). The van der Waals surface area contributed by atoms with E-state index in [0.29, 0.717) is 17.0 Å². The number of sulfonamides is 1. The van der Waals surface area contributed by atoms with Crippen molar-refractivity contribution in [3.05, 3.63) is 95.6 Å². The normalized spacial score (nSPS) is 18.0. The highest BCUT2D eigenvalue weighted by Crippen LogP contribution is 2.26. The van der Waals surface area contributed by atoms with Crippen LogP contribution in [-0.4, -0.2) is 43.0 Å². The number of dihydropyridines is 1. The fourth-order valence-corrected chi connectivity index (χ4v) is 4.94. The van der Waals surface area contributed by atoms with Gasteiger partial charge in [0.05, 0.1) is 17.7 Å². The summed E-state index contributed by atoms with van der Waals surface area (Å²) in [5, 5.41) is 0. The third kappa shape index (κ3) is 4.61. The third-order valence-corrected chi connectivity index (χ3v) is 7.11. The van der Waals surface area contributed by atoms with Crippen molar-refractivity contribution in [1.29, 1.82) is 0 Å². The van der Waals surface area contributed by atoms with Crippen molar-refractivity contribution in [2.45, 2.75) is 18.4 Å². The molecule has 0 N–H and O–H groups in total. The summed E-state index contributed by atoms with van der Waals surface area (Å²) >= 11 is 0. The maximum Gasteiger partial charge on any atom is 0.274 e. The number of methoxy groups -OCH3 is 1. The summed E-state index contributed by atoms with van der Waals surface area (Å²) in [6, 6.07) is 10.2. The molecule has 1 amide bonds. The maximum absolute atomic E-state index is 13.5. The van der Waals surface area contributed by atoms with Gasteiger partial charge in [0, 0.05) is 43.1 Å². The van der Waals surface area contributed by atoms with Gasteiger partial charge in [-0.15, -0.1) is 0 Å². The lowest BCUT2D eigenvalue weighted by Gasteiger charge is -2.26. The number of hydrogen-bond donors (Lipinski definition) is 0. The molecule has 2 aliphatic rings. The van der Waals surface area contributed by atoms with Crippen molar-refractivity contribution in [2.24, 2.45) is 10.9 Å². The number of allylic oxidation sites excluding steroid dienone is 4. The zero-order chi connectivity index (χ0) is 22.7. The van der Waals surface area contributed by atoms with Crippen molar-refractivity contribution >= 4 is 21.6 Å². The monoisotopic (exact) mass is 449 g/mol. The van der Waals surface area contributed by atoms with Gasteiger partial charge >= 0.3 is 0 Å². The van der Waals surface area contributed by atoms with Crippen molar-refractivity contribution in [1.82, 2.24) is 9.29 Å². The number of carbonyl (C=O) groups excluding carboxylic acids is 1. The van der Waals surface area contributed by atoms with Crippen LogP contribution in [0.25, 0.3) is 0 Å². The average molecular weight is 450 g/mol. The van der Waals surface area contributed by atoms with E-state index in [2.05, 4.69) is 9.98 Å². The van der Waals surface area contributed by atoms with Gasteiger partial charge in [0.2, 0.25) is 10.0 Å². The second-order valence-corrected chi connectivity index (χ2v) is 9.55. The SMILES string of the molecule is COC1=CC2=NC(=O)C(CN(Cc3cccnc3)S(=O)(=O)c3ccc(C)cc3)=CC2C=C1. The Morgan fingerprint density at radius 3 is 2.59 bits per heavy atom. The number of ether oxygens (including phenoxy) is 1. The summed E-state index contributed by atoms with van der Waals surface area (Å²) in [5.41, 5.74) is 2.60. The molecule has 8 heteroatoms. The molecule has 1 atom stereocenters. The quantitative estimate of drug-likeness (QED) is 0.648. The smallest absolute Gasteiger partial charge is 0.274 e. The number of rotatable bonds is 7. The number of amides is 1. The van der Waals surface area contributed by atoms with Gasteiger partial charge < -0.3 is 4.74 Å². The van der Waals surface area contributed by atoms with Crippen LogP contribution in [-0.2, 0) is 26.1 Å². The van der Waals surface area contributed by atoms with Gasteiger partial charge in [-0.1, -0.05) is 35.9 Å². The Kier molecular flexibility index (Phi) is 6.16. The number of aromatic nitrogens is 1. The molecule has 1 aliphatic carbocycles. The first-order valence-electron chi connectivity index (χ1n) is 10.1. The Bertz CT molecular complexity index is 1240. The Morgan fingerprint density at radius 1 is 1.12 bits per heavy atom. The van der Waals surface area contributed by atoms with E-state index in [0.717, 1.165) is 11.1 Å². The van der Waals surface area contributed by atoms with Crippen LogP contribution < -0.4 is 0 Å². The van der Waals surface area contributed by atoms with Crippen LogP contribution >= 0.6 is 0 Å². The standard InChI is InChI=1S/C24H23N3O4S/c1-17-5-9-22(10-6-17)32(29,30)27(15-18-4-3-11-25-14-18)16-20-12-19-7-8-21(31-2)13-23(19)26-24(20)28/h3-14,19H,15-16H2,1-2H3. The largest absolute Gasteiger partial charge is 0.497 e. The fourth-order valence-electron chi connectivity index (χ4n) is 3.53. The van der Waals surface area contributed by atoms with Gasteiger partial charge in [-0.3, -0.25) is 9.78 Å². The molecule has 0 fully saturated rings. The van der Waals surface area contributed by atoms with Crippen LogP contribution in [0.4, 0.5) is 0 Å². The number of aliphatic imine (C=N–C) groups is 1. The highest BCUT2D eigenvalue weighted by Gasteiger charge is 2.30. The number of pyridine rings is 1. The van der Waals surface area contributed by atoms with E-state index in [1.165, 1.54) is 4.31 Å². The molecule has 1 aromatic carbocycles. The highest BCUT2D eigenvalue weighted by molar-refractivity contribution is 7.89. The molecular formula is C24H23N3O4S. The fraction of sp³-hybridized carbons (Fsp3) is 0.208. The van der Waals surface area contributed by atoms with E-state index >= 15 is 0 Å². The predicted molar refractivity (Wildman–Crippen MR) is 121 cm³/mol. The number of hydrogen-bond acceptors (Lipinski definition) is 5. The summed E-state index contributed by atoms with van der Waals surface area (Å²) in [6.07, 6.45) is 10.4. The predicted octanol–water partition coefficient (Wildman–Crippen LogP) is 3.20. The van der Waals surface area contributed by atoms with Gasteiger partial charge in [0.15, 0.2) is 0 Å². The summed E-state index contributed by atoms with van der Waals surface area (Å²) in [6.45, 7) is 1.89. The van der Waals surface area contributed by atoms with E-state index in [4.69, 9.17) is 4.74 Å². The maximum atomic E-state index is 13.5. The number of aryl methyl sites for hydroxylation is 1. The number of benzene rings is 1. The van der Waals surface area contributed by atoms with Crippen LogP contribution in [0.15, 0.2) is 94.3 Å². The van der Waals surface area contributed by atoms with Gasteiger partial charge in [-0.05, 0) is 36.8 Å². The molecule has 2 heterocycles. The minimum atomic E-state index is -3.87. The third-order valence-electron chi connectivity index (χ3n) is 5.31. The van der Waals surface area contributed by atoms with E-state index in [-0.39, 0.29) is 23.9 Å². The average Bonchev–Trinajstić information content (AvgIpc) is 2.79. The summed E-state index contributed by atoms with van der Waals surface area (Å²) < 4.78 is 33.5. The summed E-state index contributed by atoms with van der Waals surface area (Å²) in [4.78, 5) is 21.2. The van der Waals surface area contributed by atoms with Crippen molar-refractivity contribution < 1.29 is 17.9 Å². The van der Waals surface area contributed by atoms with Crippen molar-refractivity contribution in [3.8, 4) is 0 Å². The molecule has 2 aromatic rings. The molecule has 1 aliphatic heterocycles. The van der Waals surface area contributed by atoms with Gasteiger partial charge in [0.1, 0.15) is 5.76 Å².